The Morgan fingerprint density at radius 3 is 2.42 bits per heavy atom. The number of nitrogens with one attached hydrogen (secondary N) is 2. The van der Waals surface area contributed by atoms with Crippen molar-refractivity contribution in [1.82, 2.24) is 15.5 Å². The molecule has 1 aromatic carbocycles. The summed E-state index contributed by atoms with van der Waals surface area (Å²) in [5, 5.41) is 5.63. The molecule has 0 atom stereocenters. The minimum Gasteiger partial charge on any atom is -0.347 e. The lowest BCUT2D eigenvalue weighted by molar-refractivity contribution is -0.139. The molecule has 0 heterocycles. The van der Waals surface area contributed by atoms with Crippen LogP contribution in [0.25, 0.3) is 0 Å². The monoisotopic (exact) mass is 283 g/mol. The fraction of sp³-hybridized carbons (Fsp3) is 0.385. The minimum absolute atomic E-state index is 0.236. The van der Waals surface area contributed by atoms with E-state index in [1.54, 1.807) is 12.1 Å². The van der Waals surface area contributed by atoms with Crippen LogP contribution in [0.1, 0.15) is 5.56 Å². The third-order valence-electron chi connectivity index (χ3n) is 2.45. The molecule has 0 aliphatic heterocycles. The van der Waals surface area contributed by atoms with Crippen LogP contribution in [0.15, 0.2) is 24.3 Å². The van der Waals surface area contributed by atoms with E-state index in [1.807, 2.05) is 31.1 Å². The molecule has 5 nitrogen and oxygen atoms in total. The molecule has 2 N–H and O–H groups in total. The normalized spacial score (nSPS) is 10.3. The highest BCUT2D eigenvalue weighted by molar-refractivity contribution is 6.35. The second kappa shape index (κ2) is 7.76. The maximum atomic E-state index is 11.5. The fourth-order valence-corrected chi connectivity index (χ4v) is 1.57. The van der Waals surface area contributed by atoms with Crippen molar-refractivity contribution in [3.8, 4) is 0 Å². The van der Waals surface area contributed by atoms with E-state index in [0.29, 0.717) is 18.1 Å². The third-order valence-corrected chi connectivity index (χ3v) is 2.82. The fourth-order valence-electron chi connectivity index (χ4n) is 1.37. The summed E-state index contributed by atoms with van der Waals surface area (Å²) < 4.78 is 0. The molecule has 0 unspecified atom stereocenters. The highest BCUT2D eigenvalue weighted by atomic mass is 35.5. The average Bonchev–Trinajstić information content (AvgIpc) is 2.36. The molecule has 0 aromatic heterocycles. The Bertz CT molecular complexity index is 449. The topological polar surface area (TPSA) is 61.4 Å². The Kier molecular flexibility index (Phi) is 6.32. The largest absolute Gasteiger partial charge is 0.347 e. The summed E-state index contributed by atoms with van der Waals surface area (Å²) >= 11 is 5.95. The lowest BCUT2D eigenvalue weighted by atomic mass is 10.2. The Labute approximate surface area is 117 Å². The van der Waals surface area contributed by atoms with E-state index < -0.39 is 11.8 Å². The van der Waals surface area contributed by atoms with Gasteiger partial charge >= 0.3 is 11.8 Å². The number of rotatable bonds is 5. The average molecular weight is 284 g/mol. The van der Waals surface area contributed by atoms with Crippen molar-refractivity contribution in [3.63, 3.8) is 0 Å². The smallest absolute Gasteiger partial charge is 0.309 e. The predicted octanol–water partition coefficient (Wildman–Crippen LogP) is 0.634. The van der Waals surface area contributed by atoms with E-state index in [-0.39, 0.29) is 6.54 Å². The summed E-state index contributed by atoms with van der Waals surface area (Å²) in [6.45, 7) is 1.36. The van der Waals surface area contributed by atoms with Gasteiger partial charge in [0, 0.05) is 24.7 Å². The number of carbonyl (C=O) groups is 2. The number of halogens is 1. The maximum Gasteiger partial charge on any atom is 0.309 e. The summed E-state index contributed by atoms with van der Waals surface area (Å²) in [7, 11) is 3.78. The molecule has 0 fully saturated rings. The van der Waals surface area contributed by atoms with Crippen LogP contribution in [0.5, 0.6) is 0 Å². The van der Waals surface area contributed by atoms with Crippen molar-refractivity contribution < 1.29 is 9.59 Å². The first-order valence-electron chi connectivity index (χ1n) is 5.95. The molecule has 19 heavy (non-hydrogen) atoms. The van der Waals surface area contributed by atoms with Crippen LogP contribution in [-0.2, 0) is 16.1 Å². The standard InChI is InChI=1S/C13H18ClN3O2/c1-17(2)8-7-15-12(18)13(19)16-9-10-5-3-4-6-11(10)14/h3-6H,7-9H2,1-2H3,(H,15,18)(H,16,19). The third kappa shape index (κ3) is 5.72. The van der Waals surface area contributed by atoms with E-state index >= 15 is 0 Å². The first-order chi connectivity index (χ1) is 9.00. The van der Waals surface area contributed by atoms with Crippen molar-refractivity contribution in [2.75, 3.05) is 27.2 Å². The molecule has 0 saturated heterocycles. The number of amides is 2. The molecule has 2 amide bonds. The van der Waals surface area contributed by atoms with Gasteiger partial charge in [-0.25, -0.2) is 0 Å². The highest BCUT2D eigenvalue weighted by Gasteiger charge is 2.12. The van der Waals surface area contributed by atoms with E-state index in [9.17, 15) is 9.59 Å². The van der Waals surface area contributed by atoms with E-state index in [1.165, 1.54) is 0 Å². The quantitative estimate of drug-likeness (QED) is 0.780. The molecule has 1 rings (SSSR count). The molecular weight excluding hydrogens is 266 g/mol. The Morgan fingerprint density at radius 2 is 1.79 bits per heavy atom. The predicted molar refractivity (Wildman–Crippen MR) is 74.9 cm³/mol. The van der Waals surface area contributed by atoms with Gasteiger partial charge in [0.05, 0.1) is 0 Å². The summed E-state index contributed by atoms with van der Waals surface area (Å²) in [4.78, 5) is 24.9. The van der Waals surface area contributed by atoms with Gasteiger partial charge in [0.2, 0.25) is 0 Å². The van der Waals surface area contributed by atoms with Crippen molar-refractivity contribution in [3.05, 3.63) is 34.9 Å². The molecule has 0 bridgehead atoms. The molecular formula is C13H18ClN3O2. The number of nitrogens with zero attached hydrogens (tertiary/aromatic N) is 1. The second-order valence-corrected chi connectivity index (χ2v) is 4.74. The van der Waals surface area contributed by atoms with Crippen LogP contribution >= 0.6 is 11.6 Å². The lowest BCUT2D eigenvalue weighted by Gasteiger charge is -2.10. The molecule has 0 spiro atoms. The van der Waals surface area contributed by atoms with Crippen LogP contribution in [0.4, 0.5) is 0 Å². The minimum atomic E-state index is -0.654. The van der Waals surface area contributed by atoms with Gasteiger partial charge in [0.1, 0.15) is 0 Å². The number of likely N-dealkylation sites (N-methyl/N-ethyl adjacent to an activating group) is 1. The van der Waals surface area contributed by atoms with Crippen molar-refractivity contribution in [2.24, 2.45) is 0 Å². The lowest BCUT2D eigenvalue weighted by Crippen LogP contribution is -2.41. The molecule has 0 aliphatic rings. The number of benzene rings is 1. The SMILES string of the molecule is CN(C)CCNC(=O)C(=O)NCc1ccccc1Cl. The summed E-state index contributed by atoms with van der Waals surface area (Å²) in [5.74, 6) is -1.28. The zero-order chi connectivity index (χ0) is 14.3. The van der Waals surface area contributed by atoms with Gasteiger partial charge in [0.15, 0.2) is 0 Å². The molecule has 6 heteroatoms. The van der Waals surface area contributed by atoms with Crippen LogP contribution < -0.4 is 10.6 Å². The number of hydrogen-bond donors (Lipinski definition) is 2. The van der Waals surface area contributed by atoms with Crippen LogP contribution in [0, 0.1) is 0 Å². The molecule has 104 valence electrons. The summed E-state index contributed by atoms with van der Waals surface area (Å²) in [6.07, 6.45) is 0. The van der Waals surface area contributed by atoms with Gasteiger partial charge in [-0.15, -0.1) is 0 Å². The zero-order valence-electron chi connectivity index (χ0n) is 11.1. The number of hydrogen-bond acceptors (Lipinski definition) is 3. The highest BCUT2D eigenvalue weighted by Crippen LogP contribution is 2.13. The molecule has 0 radical (unpaired) electrons. The van der Waals surface area contributed by atoms with Gasteiger partial charge < -0.3 is 15.5 Å². The molecule has 1 aromatic rings. The summed E-state index contributed by atoms with van der Waals surface area (Å²) in [5.41, 5.74) is 0.776. The van der Waals surface area contributed by atoms with Crippen LogP contribution in [0.2, 0.25) is 5.02 Å². The van der Waals surface area contributed by atoms with Gasteiger partial charge in [-0.3, -0.25) is 9.59 Å². The van der Waals surface area contributed by atoms with Crippen molar-refractivity contribution in [1.29, 1.82) is 0 Å². The van der Waals surface area contributed by atoms with Crippen LogP contribution in [-0.4, -0.2) is 43.9 Å². The van der Waals surface area contributed by atoms with Crippen molar-refractivity contribution >= 4 is 23.4 Å². The Morgan fingerprint density at radius 1 is 1.16 bits per heavy atom. The van der Waals surface area contributed by atoms with E-state index in [0.717, 1.165) is 5.56 Å². The Balaban J connectivity index is 2.35. The van der Waals surface area contributed by atoms with Crippen LogP contribution in [0.3, 0.4) is 0 Å². The summed E-state index contributed by atoms with van der Waals surface area (Å²) in [6, 6.07) is 7.17. The molecule has 0 aliphatic carbocycles. The first kappa shape index (κ1) is 15.5. The number of carbonyl (C=O) groups excluding carboxylic acids is 2. The van der Waals surface area contributed by atoms with Gasteiger partial charge in [-0.2, -0.15) is 0 Å². The van der Waals surface area contributed by atoms with E-state index in [4.69, 9.17) is 11.6 Å². The van der Waals surface area contributed by atoms with E-state index in [2.05, 4.69) is 10.6 Å². The van der Waals surface area contributed by atoms with Gasteiger partial charge in [0.25, 0.3) is 0 Å². The second-order valence-electron chi connectivity index (χ2n) is 4.33. The Hall–Kier alpha value is -1.59. The van der Waals surface area contributed by atoms with Gasteiger partial charge in [-0.1, -0.05) is 29.8 Å². The van der Waals surface area contributed by atoms with Gasteiger partial charge in [-0.05, 0) is 25.7 Å². The zero-order valence-corrected chi connectivity index (χ0v) is 11.8. The first-order valence-corrected chi connectivity index (χ1v) is 6.32. The van der Waals surface area contributed by atoms with Crippen molar-refractivity contribution in [2.45, 2.75) is 6.54 Å². The molecule has 0 saturated carbocycles. The maximum absolute atomic E-state index is 11.5.